The molecule has 2 aliphatic rings. The van der Waals surface area contributed by atoms with Crippen molar-refractivity contribution in [3.63, 3.8) is 0 Å². The molecule has 0 aliphatic heterocycles. The summed E-state index contributed by atoms with van der Waals surface area (Å²) < 4.78 is 21.1. The Kier molecular flexibility index (Phi) is 12.4. The van der Waals surface area contributed by atoms with E-state index in [1.807, 2.05) is 13.0 Å². The van der Waals surface area contributed by atoms with Crippen molar-refractivity contribution < 1.29 is 72.6 Å². The molecule has 3 aromatic rings. The van der Waals surface area contributed by atoms with Crippen molar-refractivity contribution in [3.8, 4) is 5.75 Å². The van der Waals surface area contributed by atoms with Gasteiger partial charge < -0.3 is 24.8 Å². The molecule has 53 heavy (non-hydrogen) atoms. The number of ketones is 3. The number of aromatic carboxylic acids is 2. The number of allylic oxidation sites excluding steroid dienone is 3. The Morgan fingerprint density at radius 2 is 1.53 bits per heavy atom. The largest absolute Gasteiger partial charge is 0.490 e. The normalized spacial score (nSPS) is 12.4. The van der Waals surface area contributed by atoms with E-state index in [-0.39, 0.29) is 45.8 Å². The standard InChI is InChI=1S/C15H7NO8.C11H10N2O8.C7H7F/c17-11-6-2-4(13(19)20)1-5(6)9-7(14(21)22)3-8(15(23)24)16-10(9)12(11)18;1-20-10-4-6(3-9(14)11(15)21-2)7(12(16)17)5-8(10)13(18)19;1-6-3-2-4-7(8)5-6/h2-3H,1H2,(H,19,20)(H,21,22)(H,23,24);4-5H,3H2,1-2H3;2-5H,1H3. The number of hydrogen-bond donors (Lipinski definition) is 3. The van der Waals surface area contributed by atoms with Gasteiger partial charge in [-0.05, 0) is 48.4 Å². The molecule has 19 nitrogen and oxygen atoms in total. The van der Waals surface area contributed by atoms with Gasteiger partial charge in [-0.2, -0.15) is 0 Å². The zero-order valence-electron chi connectivity index (χ0n) is 27.4. The van der Waals surface area contributed by atoms with E-state index in [4.69, 9.17) is 14.9 Å². The summed E-state index contributed by atoms with van der Waals surface area (Å²) in [7, 11) is 2.13. The van der Waals surface area contributed by atoms with Crippen molar-refractivity contribution in [2.75, 3.05) is 14.2 Å². The van der Waals surface area contributed by atoms with Crippen LogP contribution < -0.4 is 4.74 Å². The van der Waals surface area contributed by atoms with Crippen LogP contribution in [0.15, 0.2) is 59.7 Å². The lowest BCUT2D eigenvalue weighted by atomic mass is 9.85. The van der Waals surface area contributed by atoms with Gasteiger partial charge in [0.15, 0.2) is 5.75 Å². The number of nitrogens with zero attached hydrogens (tertiary/aromatic N) is 3. The predicted molar refractivity (Wildman–Crippen MR) is 173 cm³/mol. The van der Waals surface area contributed by atoms with E-state index in [1.165, 1.54) is 12.1 Å². The van der Waals surface area contributed by atoms with Gasteiger partial charge in [0.2, 0.25) is 11.6 Å². The van der Waals surface area contributed by atoms with Crippen LogP contribution in [0.5, 0.6) is 5.75 Å². The topological polar surface area (TPSA) is 298 Å². The number of carbonyl (C=O) groups is 7. The fourth-order valence-corrected chi connectivity index (χ4v) is 4.87. The van der Waals surface area contributed by atoms with E-state index in [0.29, 0.717) is 6.07 Å². The number of aromatic nitrogens is 1. The molecular weight excluding hydrogens is 713 g/mol. The van der Waals surface area contributed by atoms with Crippen LogP contribution in [0.2, 0.25) is 0 Å². The summed E-state index contributed by atoms with van der Waals surface area (Å²) in [5, 5.41) is 49.1. The number of nitro groups is 2. The second-order valence-electron chi connectivity index (χ2n) is 10.6. The molecule has 274 valence electrons. The van der Waals surface area contributed by atoms with Crippen LogP contribution in [-0.4, -0.2) is 85.6 Å². The number of fused-ring (bicyclic) bond motifs is 2. The molecule has 0 fully saturated rings. The average molecular weight is 738 g/mol. The summed E-state index contributed by atoms with van der Waals surface area (Å²) in [6, 6.07) is 8.94. The van der Waals surface area contributed by atoms with Crippen molar-refractivity contribution in [2.45, 2.75) is 19.8 Å². The molecule has 3 N–H and O–H groups in total. The Balaban J connectivity index is 0.000000238. The molecule has 5 rings (SSSR count). The van der Waals surface area contributed by atoms with Gasteiger partial charge in [-0.3, -0.25) is 34.6 Å². The van der Waals surface area contributed by atoms with Crippen LogP contribution in [0.3, 0.4) is 0 Å². The SMILES string of the molecule is COC(=O)C(=O)Cc1cc(OC)c([N+](=O)[O-])cc1[N+](=O)[O-].Cc1cccc(F)c1.O=C(O)C1=CC2=C(C1)c1c(C(=O)O)cc(C(=O)O)nc1C(=O)C2=O. The van der Waals surface area contributed by atoms with E-state index >= 15 is 0 Å². The first kappa shape index (κ1) is 39.9. The molecule has 2 aromatic carbocycles. The molecule has 0 atom stereocenters. The Morgan fingerprint density at radius 1 is 0.887 bits per heavy atom. The third-order valence-electron chi connectivity index (χ3n) is 7.24. The first-order valence-electron chi connectivity index (χ1n) is 14.4. The number of halogens is 1. The zero-order valence-corrected chi connectivity index (χ0v) is 27.4. The summed E-state index contributed by atoms with van der Waals surface area (Å²) in [6.07, 6.45) is 0.139. The quantitative estimate of drug-likeness (QED) is 0.123. The number of esters is 1. The van der Waals surface area contributed by atoms with Crippen molar-refractivity contribution in [1.29, 1.82) is 0 Å². The highest BCUT2D eigenvalue weighted by molar-refractivity contribution is 6.53. The summed E-state index contributed by atoms with van der Waals surface area (Å²) in [6.45, 7) is 1.86. The molecule has 0 unspecified atom stereocenters. The van der Waals surface area contributed by atoms with Gasteiger partial charge >= 0.3 is 29.6 Å². The van der Waals surface area contributed by atoms with Crippen LogP contribution >= 0.6 is 0 Å². The monoisotopic (exact) mass is 737 g/mol. The van der Waals surface area contributed by atoms with Gasteiger partial charge in [0.25, 0.3) is 11.5 Å². The number of carboxylic acid groups (broad SMARTS) is 3. The van der Waals surface area contributed by atoms with Gasteiger partial charge in [-0.1, -0.05) is 12.1 Å². The maximum atomic E-state index is 12.2. The predicted octanol–water partition coefficient (Wildman–Crippen LogP) is 3.34. The maximum Gasteiger partial charge on any atom is 0.374 e. The third-order valence-corrected chi connectivity index (χ3v) is 7.24. The molecule has 20 heteroatoms. The Morgan fingerprint density at radius 3 is 2.00 bits per heavy atom. The zero-order chi connectivity index (χ0) is 39.9. The fourth-order valence-electron chi connectivity index (χ4n) is 4.87. The summed E-state index contributed by atoms with van der Waals surface area (Å²) in [5.41, 5.74) is -2.82. The molecule has 0 spiro atoms. The van der Waals surface area contributed by atoms with Crippen molar-refractivity contribution in [3.05, 3.63) is 119 Å². The van der Waals surface area contributed by atoms with Crippen molar-refractivity contribution in [1.82, 2.24) is 4.98 Å². The van der Waals surface area contributed by atoms with Crippen LogP contribution in [0, 0.1) is 33.0 Å². The molecule has 0 saturated heterocycles. The number of aryl methyl sites for hydroxylation is 1. The number of nitro benzene ring substituents is 2. The molecule has 0 bridgehead atoms. The number of methoxy groups -OCH3 is 2. The first-order valence-corrected chi connectivity index (χ1v) is 14.4. The number of hydrogen-bond acceptors (Lipinski definition) is 14. The van der Waals surface area contributed by atoms with E-state index in [0.717, 1.165) is 38.0 Å². The molecule has 0 amide bonds. The van der Waals surface area contributed by atoms with Crippen LogP contribution in [0.1, 0.15) is 54.4 Å². The highest BCUT2D eigenvalue weighted by Crippen LogP contribution is 2.41. The lowest BCUT2D eigenvalue weighted by Gasteiger charge is -2.18. The lowest BCUT2D eigenvalue weighted by molar-refractivity contribution is -0.395. The summed E-state index contributed by atoms with van der Waals surface area (Å²) in [5.74, 6) is -9.19. The highest BCUT2D eigenvalue weighted by atomic mass is 19.1. The number of rotatable bonds is 9. The molecule has 0 saturated carbocycles. The van der Waals surface area contributed by atoms with Gasteiger partial charge in [0.1, 0.15) is 17.2 Å². The van der Waals surface area contributed by atoms with Gasteiger partial charge in [-0.15, -0.1) is 0 Å². The Hall–Kier alpha value is -7.51. The fraction of sp³-hybridized carbons (Fsp3) is 0.152. The number of carbonyl (C=O) groups excluding carboxylic acids is 4. The number of Topliss-reactive ketones (excluding diaryl/α,β-unsaturated/α-hetero) is 3. The molecular formula is C33H24FN3O16. The smallest absolute Gasteiger partial charge is 0.374 e. The summed E-state index contributed by atoms with van der Waals surface area (Å²) in [4.78, 5) is 104. The number of aliphatic carboxylic acids is 1. The molecule has 0 radical (unpaired) electrons. The van der Waals surface area contributed by atoms with Crippen LogP contribution in [0.4, 0.5) is 15.8 Å². The second kappa shape index (κ2) is 16.5. The van der Waals surface area contributed by atoms with E-state index in [2.05, 4.69) is 9.72 Å². The van der Waals surface area contributed by atoms with Crippen molar-refractivity contribution >= 4 is 58.2 Å². The average Bonchev–Trinajstić information content (AvgIpc) is 3.56. The van der Waals surface area contributed by atoms with Crippen LogP contribution in [-0.2, 0) is 30.3 Å². The lowest BCUT2D eigenvalue weighted by Crippen LogP contribution is -2.26. The van der Waals surface area contributed by atoms with Gasteiger partial charge in [0, 0.05) is 35.1 Å². The Labute approximate surface area is 294 Å². The van der Waals surface area contributed by atoms with Gasteiger partial charge in [-0.25, -0.2) is 28.6 Å². The molecule has 1 heterocycles. The van der Waals surface area contributed by atoms with Gasteiger partial charge in [0.05, 0.1) is 35.7 Å². The minimum absolute atomic E-state index is 0.0499. The first-order chi connectivity index (χ1) is 24.8. The van der Waals surface area contributed by atoms with E-state index in [9.17, 15) is 63.3 Å². The number of ether oxygens (including phenoxy) is 2. The van der Waals surface area contributed by atoms with Crippen molar-refractivity contribution in [2.24, 2.45) is 0 Å². The number of benzene rings is 2. The number of pyridine rings is 1. The van der Waals surface area contributed by atoms with E-state index < -0.39 is 85.8 Å². The number of carboxylic acids is 3. The third kappa shape index (κ3) is 9.00. The Bertz CT molecular complexity index is 2190. The second-order valence-corrected chi connectivity index (χ2v) is 10.6. The highest BCUT2D eigenvalue weighted by Gasteiger charge is 2.40. The minimum atomic E-state index is -1.56. The van der Waals surface area contributed by atoms with Crippen LogP contribution in [0.25, 0.3) is 5.57 Å². The van der Waals surface area contributed by atoms with E-state index in [1.54, 1.807) is 6.07 Å². The minimum Gasteiger partial charge on any atom is -0.490 e. The summed E-state index contributed by atoms with van der Waals surface area (Å²) >= 11 is 0. The molecule has 1 aromatic heterocycles. The molecule has 2 aliphatic carbocycles. The maximum absolute atomic E-state index is 12.2.